The van der Waals surface area contributed by atoms with Crippen LogP contribution >= 0.6 is 0 Å². The van der Waals surface area contributed by atoms with E-state index in [2.05, 4.69) is 10.6 Å². The van der Waals surface area contributed by atoms with Gasteiger partial charge in [0.15, 0.2) is 0 Å². The molecule has 1 atom stereocenters. The van der Waals surface area contributed by atoms with Crippen molar-refractivity contribution in [1.29, 1.82) is 0 Å². The molecule has 0 aliphatic heterocycles. The molecular formula is C19H28N2O3. The minimum absolute atomic E-state index is 0.0923. The van der Waals surface area contributed by atoms with Crippen LogP contribution in [0.2, 0.25) is 0 Å². The fraction of sp³-hybridized carbons (Fsp3) is 0.579. The van der Waals surface area contributed by atoms with Crippen LogP contribution in [-0.2, 0) is 0 Å². The molecule has 0 radical (unpaired) electrons. The summed E-state index contributed by atoms with van der Waals surface area (Å²) in [5.74, 6) is 0.349. The number of rotatable bonds is 7. The Morgan fingerprint density at radius 3 is 2.46 bits per heavy atom. The number of hydrogen-bond acceptors (Lipinski definition) is 3. The third kappa shape index (κ3) is 5.34. The van der Waals surface area contributed by atoms with Crippen LogP contribution < -0.4 is 10.6 Å². The van der Waals surface area contributed by atoms with E-state index in [1.54, 1.807) is 31.3 Å². The number of nitrogens with one attached hydrogen (secondary N) is 2. The maximum Gasteiger partial charge on any atom is 0.251 e. The van der Waals surface area contributed by atoms with Gasteiger partial charge in [-0.15, -0.1) is 0 Å². The molecule has 1 aromatic carbocycles. The molecule has 2 rings (SSSR count). The van der Waals surface area contributed by atoms with E-state index in [1.165, 1.54) is 32.1 Å². The normalized spacial score (nSPS) is 16.4. The molecular weight excluding hydrogens is 304 g/mol. The number of amides is 2. The van der Waals surface area contributed by atoms with Gasteiger partial charge in [-0.1, -0.05) is 38.2 Å². The number of carbonyl (C=O) groups is 2. The first-order valence-electron chi connectivity index (χ1n) is 8.85. The molecule has 1 aliphatic rings. The minimum atomic E-state index is -0.213. The molecule has 1 saturated carbocycles. The Morgan fingerprint density at radius 1 is 1.17 bits per heavy atom. The van der Waals surface area contributed by atoms with Gasteiger partial charge in [-0.3, -0.25) is 9.59 Å². The fourth-order valence-electron chi connectivity index (χ4n) is 3.40. The van der Waals surface area contributed by atoms with Crippen molar-refractivity contribution in [1.82, 2.24) is 10.6 Å². The lowest BCUT2D eigenvalue weighted by Gasteiger charge is -2.25. The van der Waals surface area contributed by atoms with Crippen molar-refractivity contribution < 1.29 is 14.7 Å². The van der Waals surface area contributed by atoms with E-state index in [9.17, 15) is 14.7 Å². The number of hydrogen-bond donors (Lipinski definition) is 3. The van der Waals surface area contributed by atoms with Crippen LogP contribution in [-0.4, -0.2) is 37.1 Å². The van der Waals surface area contributed by atoms with Crippen molar-refractivity contribution in [3.8, 4) is 0 Å². The minimum Gasteiger partial charge on any atom is -0.396 e. The Hall–Kier alpha value is -1.88. The van der Waals surface area contributed by atoms with Gasteiger partial charge < -0.3 is 15.7 Å². The molecule has 132 valence electrons. The van der Waals surface area contributed by atoms with Crippen molar-refractivity contribution in [2.24, 2.45) is 11.8 Å². The van der Waals surface area contributed by atoms with Crippen molar-refractivity contribution in [2.75, 3.05) is 20.2 Å². The quantitative estimate of drug-likeness (QED) is 0.717. The molecule has 5 nitrogen and oxygen atoms in total. The number of aliphatic hydroxyl groups excluding tert-OH is 1. The summed E-state index contributed by atoms with van der Waals surface area (Å²) < 4.78 is 0. The van der Waals surface area contributed by atoms with E-state index in [4.69, 9.17) is 0 Å². The van der Waals surface area contributed by atoms with Crippen molar-refractivity contribution in [3.63, 3.8) is 0 Å². The molecule has 0 heterocycles. The summed E-state index contributed by atoms with van der Waals surface area (Å²) in [5, 5.41) is 15.0. The molecule has 0 spiro atoms. The van der Waals surface area contributed by atoms with Crippen molar-refractivity contribution in [2.45, 2.75) is 38.5 Å². The van der Waals surface area contributed by atoms with E-state index in [-0.39, 0.29) is 24.3 Å². The molecule has 5 heteroatoms. The van der Waals surface area contributed by atoms with Crippen LogP contribution in [0.3, 0.4) is 0 Å². The number of aliphatic hydroxyl groups is 1. The fourth-order valence-corrected chi connectivity index (χ4v) is 3.40. The van der Waals surface area contributed by atoms with Crippen LogP contribution in [0.5, 0.6) is 0 Å². The van der Waals surface area contributed by atoms with Gasteiger partial charge >= 0.3 is 0 Å². The van der Waals surface area contributed by atoms with Crippen molar-refractivity contribution in [3.05, 3.63) is 35.4 Å². The second-order valence-corrected chi connectivity index (χ2v) is 6.66. The van der Waals surface area contributed by atoms with Gasteiger partial charge in [-0.2, -0.15) is 0 Å². The highest BCUT2D eigenvalue weighted by atomic mass is 16.3. The van der Waals surface area contributed by atoms with E-state index >= 15 is 0 Å². The number of benzene rings is 1. The summed E-state index contributed by atoms with van der Waals surface area (Å²) in [6, 6.07) is 6.65. The summed E-state index contributed by atoms with van der Waals surface area (Å²) in [6.07, 6.45) is 7.31. The summed E-state index contributed by atoms with van der Waals surface area (Å²) in [7, 11) is 1.56. The molecule has 0 bridgehead atoms. The Kier molecular flexibility index (Phi) is 7.25. The van der Waals surface area contributed by atoms with Gasteiger partial charge in [0.2, 0.25) is 0 Å². The summed E-state index contributed by atoms with van der Waals surface area (Å²) in [6.45, 7) is 0.561. The largest absolute Gasteiger partial charge is 0.396 e. The van der Waals surface area contributed by atoms with Crippen molar-refractivity contribution >= 4 is 11.8 Å². The zero-order valence-corrected chi connectivity index (χ0v) is 14.4. The van der Waals surface area contributed by atoms with Crippen LogP contribution in [0.4, 0.5) is 0 Å². The maximum atomic E-state index is 12.3. The molecule has 2 amide bonds. The predicted molar refractivity (Wildman–Crippen MR) is 93.9 cm³/mol. The Bertz CT molecular complexity index is 553. The van der Waals surface area contributed by atoms with E-state index in [1.807, 2.05) is 0 Å². The molecule has 1 aliphatic carbocycles. The summed E-state index contributed by atoms with van der Waals surface area (Å²) >= 11 is 0. The van der Waals surface area contributed by atoms with Gasteiger partial charge in [0.25, 0.3) is 11.8 Å². The van der Waals surface area contributed by atoms with Crippen LogP contribution in [0.1, 0.15) is 59.2 Å². The average molecular weight is 332 g/mol. The molecule has 0 unspecified atom stereocenters. The summed E-state index contributed by atoms with van der Waals surface area (Å²) in [4.78, 5) is 23.9. The highest BCUT2D eigenvalue weighted by Crippen LogP contribution is 2.28. The molecule has 0 saturated heterocycles. The second-order valence-electron chi connectivity index (χ2n) is 6.66. The maximum absolute atomic E-state index is 12.3. The molecule has 3 N–H and O–H groups in total. The first-order chi connectivity index (χ1) is 11.6. The molecule has 0 aromatic heterocycles. The zero-order valence-electron chi connectivity index (χ0n) is 14.4. The highest BCUT2D eigenvalue weighted by Gasteiger charge is 2.19. The lowest BCUT2D eigenvalue weighted by molar-refractivity contribution is 0.0933. The zero-order chi connectivity index (χ0) is 17.4. The van der Waals surface area contributed by atoms with E-state index in [0.717, 1.165) is 6.42 Å². The smallest absolute Gasteiger partial charge is 0.251 e. The van der Waals surface area contributed by atoms with Crippen LogP contribution in [0.25, 0.3) is 0 Å². The topological polar surface area (TPSA) is 78.4 Å². The molecule has 1 aromatic rings. The van der Waals surface area contributed by atoms with E-state index < -0.39 is 0 Å². The Balaban J connectivity index is 1.87. The Labute approximate surface area is 143 Å². The standard InChI is InChI=1S/C19H28N2O3/c1-20-18(23)16-8-5-9-17(11-16)19(24)21-12-15(13-22)10-14-6-3-2-4-7-14/h5,8-9,11,14-15,22H,2-4,6-7,10,12-13H2,1H3,(H,20,23)(H,21,24)/t15-/m0/s1. The third-order valence-electron chi connectivity index (χ3n) is 4.81. The van der Waals surface area contributed by atoms with Crippen LogP contribution in [0, 0.1) is 11.8 Å². The highest BCUT2D eigenvalue weighted by molar-refractivity contribution is 5.99. The van der Waals surface area contributed by atoms with Gasteiger partial charge in [-0.05, 0) is 36.5 Å². The van der Waals surface area contributed by atoms with Gasteiger partial charge in [0, 0.05) is 31.3 Å². The van der Waals surface area contributed by atoms with Gasteiger partial charge in [0.1, 0.15) is 0 Å². The first-order valence-corrected chi connectivity index (χ1v) is 8.85. The third-order valence-corrected chi connectivity index (χ3v) is 4.81. The lowest BCUT2D eigenvalue weighted by Crippen LogP contribution is -2.32. The van der Waals surface area contributed by atoms with E-state index in [0.29, 0.717) is 23.6 Å². The average Bonchev–Trinajstić information content (AvgIpc) is 2.65. The lowest BCUT2D eigenvalue weighted by atomic mass is 9.83. The van der Waals surface area contributed by atoms with Crippen LogP contribution in [0.15, 0.2) is 24.3 Å². The number of carbonyl (C=O) groups excluding carboxylic acids is 2. The summed E-state index contributed by atoms with van der Waals surface area (Å²) in [5.41, 5.74) is 0.927. The molecule has 1 fully saturated rings. The first kappa shape index (κ1) is 18.5. The second kappa shape index (κ2) is 9.42. The molecule has 24 heavy (non-hydrogen) atoms. The Morgan fingerprint density at radius 2 is 1.83 bits per heavy atom. The van der Waals surface area contributed by atoms with Gasteiger partial charge in [0.05, 0.1) is 0 Å². The SMILES string of the molecule is CNC(=O)c1cccc(C(=O)NC[C@@H](CO)CC2CCCCC2)c1. The monoisotopic (exact) mass is 332 g/mol. The predicted octanol–water partition coefficient (Wildman–Crippen LogP) is 2.35. The van der Waals surface area contributed by atoms with Gasteiger partial charge in [-0.25, -0.2) is 0 Å².